The van der Waals surface area contributed by atoms with Gasteiger partial charge in [-0.15, -0.1) is 0 Å². The number of aromatic nitrogens is 4. The summed E-state index contributed by atoms with van der Waals surface area (Å²) in [6, 6.07) is 12.2. The first kappa shape index (κ1) is 19.5. The second-order valence-electron chi connectivity index (χ2n) is 8.34. The summed E-state index contributed by atoms with van der Waals surface area (Å²) in [7, 11) is 0. The number of nitrogens with zero attached hydrogens (tertiary/aromatic N) is 4. The van der Waals surface area contributed by atoms with Crippen molar-refractivity contribution in [3.05, 3.63) is 78.6 Å². The van der Waals surface area contributed by atoms with E-state index in [1.807, 2.05) is 53.3 Å². The van der Waals surface area contributed by atoms with Crippen LogP contribution in [0.3, 0.4) is 0 Å². The third-order valence-electron chi connectivity index (χ3n) is 6.05. The van der Waals surface area contributed by atoms with Crippen molar-refractivity contribution in [1.29, 1.82) is 0 Å². The van der Waals surface area contributed by atoms with E-state index in [9.17, 15) is 4.79 Å². The number of fused-ring (bicyclic) bond motifs is 1. The number of pyridine rings is 2. The van der Waals surface area contributed by atoms with E-state index in [0.29, 0.717) is 5.69 Å². The standard InChI is InChI=1S/C25H27N5O/c31-25(27-21-9-3-1-2-4-10-21)23-22-11-5-6-14-30(22)24(28-23)20-12-15-29(18-20)17-19-8-7-13-26-16-19/h5-8,11-16,18,21H,1-4,9-10,17H2,(H,27,31). The van der Waals surface area contributed by atoms with E-state index >= 15 is 0 Å². The van der Waals surface area contributed by atoms with Gasteiger partial charge in [0.2, 0.25) is 0 Å². The maximum atomic E-state index is 13.1. The molecule has 0 radical (unpaired) electrons. The predicted octanol–water partition coefficient (Wildman–Crippen LogP) is 4.70. The molecule has 1 fully saturated rings. The molecule has 0 bridgehead atoms. The molecule has 4 aromatic rings. The molecule has 5 rings (SSSR count). The Morgan fingerprint density at radius 2 is 1.90 bits per heavy atom. The topological polar surface area (TPSA) is 64.2 Å². The molecule has 1 saturated carbocycles. The maximum Gasteiger partial charge on any atom is 0.272 e. The molecule has 0 atom stereocenters. The molecule has 1 aliphatic carbocycles. The highest BCUT2D eigenvalue weighted by Gasteiger charge is 2.22. The highest BCUT2D eigenvalue weighted by Crippen LogP contribution is 2.24. The lowest BCUT2D eigenvalue weighted by Gasteiger charge is -2.15. The Balaban J connectivity index is 1.43. The largest absolute Gasteiger partial charge is 0.349 e. The third kappa shape index (κ3) is 4.24. The monoisotopic (exact) mass is 413 g/mol. The molecule has 0 spiro atoms. The number of rotatable bonds is 5. The molecule has 4 aromatic heterocycles. The number of amides is 1. The maximum absolute atomic E-state index is 13.1. The number of hydrogen-bond acceptors (Lipinski definition) is 3. The molecule has 158 valence electrons. The van der Waals surface area contributed by atoms with Crippen molar-refractivity contribution in [3.63, 3.8) is 0 Å². The zero-order valence-corrected chi connectivity index (χ0v) is 17.6. The van der Waals surface area contributed by atoms with E-state index in [-0.39, 0.29) is 11.9 Å². The first-order chi connectivity index (χ1) is 15.3. The van der Waals surface area contributed by atoms with Crippen molar-refractivity contribution in [2.75, 3.05) is 0 Å². The van der Waals surface area contributed by atoms with E-state index in [2.05, 4.69) is 27.1 Å². The summed E-state index contributed by atoms with van der Waals surface area (Å²) in [6.07, 6.45) is 16.7. The zero-order valence-electron chi connectivity index (χ0n) is 17.6. The first-order valence-electron chi connectivity index (χ1n) is 11.1. The lowest BCUT2D eigenvalue weighted by atomic mass is 10.1. The minimum Gasteiger partial charge on any atom is -0.349 e. The van der Waals surface area contributed by atoms with Crippen LogP contribution in [0.2, 0.25) is 0 Å². The summed E-state index contributed by atoms with van der Waals surface area (Å²) < 4.78 is 4.12. The molecule has 0 saturated heterocycles. The molecule has 0 unspecified atom stereocenters. The van der Waals surface area contributed by atoms with Crippen LogP contribution in [0.1, 0.15) is 54.6 Å². The summed E-state index contributed by atoms with van der Waals surface area (Å²) >= 11 is 0. The van der Waals surface area contributed by atoms with Crippen LogP contribution in [-0.4, -0.2) is 30.9 Å². The van der Waals surface area contributed by atoms with Gasteiger partial charge in [0.15, 0.2) is 5.69 Å². The summed E-state index contributed by atoms with van der Waals surface area (Å²) in [5.74, 6) is 0.711. The summed E-state index contributed by atoms with van der Waals surface area (Å²) in [6.45, 7) is 0.742. The minimum absolute atomic E-state index is 0.0726. The molecule has 1 N–H and O–H groups in total. The highest BCUT2D eigenvalue weighted by atomic mass is 16.2. The van der Waals surface area contributed by atoms with Crippen LogP contribution in [0.25, 0.3) is 16.9 Å². The lowest BCUT2D eigenvalue weighted by molar-refractivity contribution is 0.0930. The van der Waals surface area contributed by atoms with Crippen LogP contribution in [-0.2, 0) is 6.54 Å². The van der Waals surface area contributed by atoms with Gasteiger partial charge in [-0.2, -0.15) is 0 Å². The van der Waals surface area contributed by atoms with Gasteiger partial charge in [0.1, 0.15) is 5.82 Å². The molecular formula is C25H27N5O. The summed E-state index contributed by atoms with van der Waals surface area (Å²) in [5, 5.41) is 3.24. The van der Waals surface area contributed by atoms with Crippen LogP contribution in [0.5, 0.6) is 0 Å². The smallest absolute Gasteiger partial charge is 0.272 e. The molecule has 4 heterocycles. The fraction of sp³-hybridized carbons (Fsp3) is 0.320. The second-order valence-corrected chi connectivity index (χ2v) is 8.34. The molecule has 6 nitrogen and oxygen atoms in total. The molecule has 31 heavy (non-hydrogen) atoms. The van der Waals surface area contributed by atoms with Crippen molar-refractivity contribution < 1.29 is 4.79 Å². The molecule has 6 heteroatoms. The Hall–Kier alpha value is -3.41. The van der Waals surface area contributed by atoms with Gasteiger partial charge in [0.25, 0.3) is 5.91 Å². The second kappa shape index (κ2) is 8.76. The van der Waals surface area contributed by atoms with Crippen LogP contribution in [0, 0.1) is 0 Å². The Morgan fingerprint density at radius 1 is 1.03 bits per heavy atom. The fourth-order valence-electron chi connectivity index (χ4n) is 4.46. The van der Waals surface area contributed by atoms with E-state index in [0.717, 1.165) is 41.9 Å². The average molecular weight is 414 g/mol. The van der Waals surface area contributed by atoms with E-state index in [1.165, 1.54) is 25.7 Å². The van der Waals surface area contributed by atoms with Gasteiger partial charge >= 0.3 is 0 Å². The molecule has 1 aliphatic rings. The number of imidazole rings is 1. The molecule has 0 aromatic carbocycles. The molecule has 0 aliphatic heterocycles. The lowest BCUT2D eigenvalue weighted by Crippen LogP contribution is -2.34. The summed E-state index contributed by atoms with van der Waals surface area (Å²) in [5.41, 5.74) is 3.46. The SMILES string of the molecule is O=C(NC1CCCCCC1)c1nc(-c2ccn(Cc3cccnc3)c2)n2ccccc12. The van der Waals surface area contributed by atoms with Gasteiger partial charge in [0.05, 0.1) is 5.52 Å². The van der Waals surface area contributed by atoms with Crippen molar-refractivity contribution in [2.24, 2.45) is 0 Å². The number of carbonyl (C=O) groups is 1. The van der Waals surface area contributed by atoms with Crippen LogP contribution < -0.4 is 5.32 Å². The van der Waals surface area contributed by atoms with Gasteiger partial charge in [-0.25, -0.2) is 4.98 Å². The minimum atomic E-state index is -0.0726. The third-order valence-corrected chi connectivity index (χ3v) is 6.05. The van der Waals surface area contributed by atoms with E-state index in [4.69, 9.17) is 4.98 Å². The van der Waals surface area contributed by atoms with Crippen LogP contribution in [0.15, 0.2) is 67.4 Å². The number of hydrogen-bond donors (Lipinski definition) is 1. The predicted molar refractivity (Wildman–Crippen MR) is 121 cm³/mol. The Labute approximate surface area is 182 Å². The fourth-order valence-corrected chi connectivity index (χ4v) is 4.46. The van der Waals surface area contributed by atoms with Gasteiger partial charge in [0, 0.05) is 49.1 Å². The average Bonchev–Trinajstić information content (AvgIpc) is 3.32. The van der Waals surface area contributed by atoms with E-state index in [1.54, 1.807) is 6.20 Å². The molecule has 1 amide bonds. The first-order valence-corrected chi connectivity index (χ1v) is 11.1. The zero-order chi connectivity index (χ0) is 21.0. The highest BCUT2D eigenvalue weighted by molar-refractivity contribution is 6.00. The molecular weight excluding hydrogens is 386 g/mol. The Kier molecular flexibility index (Phi) is 5.52. The van der Waals surface area contributed by atoms with Gasteiger partial charge in [-0.05, 0) is 42.7 Å². The van der Waals surface area contributed by atoms with Gasteiger partial charge in [-0.1, -0.05) is 37.8 Å². The van der Waals surface area contributed by atoms with Crippen molar-refractivity contribution >= 4 is 11.4 Å². The Morgan fingerprint density at radius 3 is 2.71 bits per heavy atom. The van der Waals surface area contributed by atoms with Crippen molar-refractivity contribution in [3.8, 4) is 11.4 Å². The van der Waals surface area contributed by atoms with Gasteiger partial charge < -0.3 is 9.88 Å². The van der Waals surface area contributed by atoms with Crippen LogP contribution in [0.4, 0.5) is 0 Å². The van der Waals surface area contributed by atoms with Crippen LogP contribution >= 0.6 is 0 Å². The Bertz CT molecular complexity index is 1170. The van der Waals surface area contributed by atoms with Gasteiger partial charge in [-0.3, -0.25) is 14.2 Å². The van der Waals surface area contributed by atoms with E-state index < -0.39 is 0 Å². The van der Waals surface area contributed by atoms with Crippen molar-refractivity contribution in [2.45, 2.75) is 51.1 Å². The number of carbonyl (C=O) groups excluding carboxylic acids is 1. The van der Waals surface area contributed by atoms with Crippen molar-refractivity contribution in [1.82, 2.24) is 24.3 Å². The summed E-state index contributed by atoms with van der Waals surface area (Å²) in [4.78, 5) is 22.1. The number of nitrogens with one attached hydrogen (secondary N) is 1. The normalized spacial score (nSPS) is 15.1. The quantitative estimate of drug-likeness (QED) is 0.483.